The molecule has 0 spiro atoms. The molecule has 3 fully saturated rings. The summed E-state index contributed by atoms with van der Waals surface area (Å²) in [6, 6.07) is 6.86. The van der Waals surface area contributed by atoms with Gasteiger partial charge in [-0.25, -0.2) is 0 Å². The number of hydrogen-bond donors (Lipinski definition) is 1. The Bertz CT molecular complexity index is 784. The number of hydrogen-bond acceptors (Lipinski definition) is 3. The summed E-state index contributed by atoms with van der Waals surface area (Å²) in [5.41, 5.74) is 2.93. The molecular weight excluding hydrogens is 372 g/mol. The molecule has 2 saturated carbocycles. The van der Waals surface area contributed by atoms with Crippen LogP contribution in [-0.4, -0.2) is 22.7 Å². The van der Waals surface area contributed by atoms with E-state index < -0.39 is 5.91 Å². The van der Waals surface area contributed by atoms with Crippen molar-refractivity contribution in [1.82, 2.24) is 10.4 Å². The van der Waals surface area contributed by atoms with E-state index in [4.69, 9.17) is 0 Å². The Balaban J connectivity index is 1.41. The van der Waals surface area contributed by atoms with E-state index in [9.17, 15) is 14.4 Å². The summed E-state index contributed by atoms with van der Waals surface area (Å²) in [6.07, 6.45) is 5.36. The summed E-state index contributed by atoms with van der Waals surface area (Å²) < 4.78 is 0.769. The molecule has 1 N–H and O–H groups in total. The number of benzene rings is 1. The molecule has 0 aromatic heterocycles. The predicted molar refractivity (Wildman–Crippen MR) is 88.2 cm³/mol. The van der Waals surface area contributed by atoms with Crippen molar-refractivity contribution in [2.75, 3.05) is 0 Å². The second-order valence-electron chi connectivity index (χ2n) is 7.12. The van der Waals surface area contributed by atoms with Crippen LogP contribution in [-0.2, 0) is 9.59 Å². The van der Waals surface area contributed by atoms with Crippen LogP contribution in [0.15, 0.2) is 40.9 Å². The first-order valence-electron chi connectivity index (χ1n) is 8.19. The number of carbonyl (C=O) groups excluding carboxylic acids is 3. The molecule has 5 aliphatic rings. The van der Waals surface area contributed by atoms with Crippen LogP contribution < -0.4 is 5.43 Å². The molecule has 4 aliphatic carbocycles. The Kier molecular flexibility index (Phi) is 2.87. The van der Waals surface area contributed by atoms with Crippen LogP contribution >= 0.6 is 15.9 Å². The standard InChI is InChI=1S/C18H15BrN2O3/c19-9-3-1-2-8(6-9)16(22)20-21-17(23)14-10-4-5-11(13-7-12(10)13)15(14)18(21)24/h1-6,10-15H,7H2,(H,20,22)/t10-,11-,12-,13-,14+,15+/m1/s1. The van der Waals surface area contributed by atoms with Crippen molar-refractivity contribution in [3.63, 3.8) is 0 Å². The molecular formula is C18H15BrN2O3. The van der Waals surface area contributed by atoms with E-state index in [0.717, 1.165) is 15.9 Å². The van der Waals surface area contributed by atoms with E-state index in [1.54, 1.807) is 18.2 Å². The fraction of sp³-hybridized carbons (Fsp3) is 0.389. The molecule has 1 aromatic rings. The number of halogens is 1. The maximum atomic E-state index is 12.8. The van der Waals surface area contributed by atoms with Crippen molar-refractivity contribution in [3.05, 3.63) is 46.5 Å². The van der Waals surface area contributed by atoms with E-state index in [2.05, 4.69) is 33.5 Å². The molecule has 0 radical (unpaired) electrons. The fourth-order valence-corrected chi connectivity index (χ4v) is 5.26. The van der Waals surface area contributed by atoms with Gasteiger partial charge < -0.3 is 0 Å². The maximum absolute atomic E-state index is 12.8. The van der Waals surface area contributed by atoms with Crippen LogP contribution in [0, 0.1) is 35.5 Å². The van der Waals surface area contributed by atoms with Crippen LogP contribution in [0.2, 0.25) is 0 Å². The number of imide groups is 1. The third-order valence-corrected chi connectivity index (χ3v) is 6.46. The number of hydrazine groups is 1. The number of rotatable bonds is 2. The SMILES string of the molecule is O=C(NN1C(=O)[C@H]2[C@@H]3C=C[C@H]([C@H]4C[C@H]34)[C@@H]2C1=O)c1cccc(Br)c1. The molecule has 6 heteroatoms. The zero-order valence-electron chi connectivity index (χ0n) is 12.7. The van der Waals surface area contributed by atoms with Crippen molar-refractivity contribution >= 4 is 33.7 Å². The van der Waals surface area contributed by atoms with Crippen molar-refractivity contribution in [2.24, 2.45) is 35.5 Å². The highest BCUT2D eigenvalue weighted by Gasteiger charge is 2.67. The van der Waals surface area contributed by atoms with E-state index in [-0.39, 0.29) is 35.5 Å². The van der Waals surface area contributed by atoms with Crippen LogP contribution in [0.25, 0.3) is 0 Å². The molecule has 1 heterocycles. The molecule has 1 aromatic carbocycles. The first-order chi connectivity index (χ1) is 11.6. The van der Waals surface area contributed by atoms with Crippen LogP contribution in [0.4, 0.5) is 0 Å². The molecule has 5 nitrogen and oxygen atoms in total. The monoisotopic (exact) mass is 386 g/mol. The van der Waals surface area contributed by atoms with Gasteiger partial charge in [-0.05, 0) is 48.3 Å². The van der Waals surface area contributed by atoms with Crippen molar-refractivity contribution in [3.8, 4) is 0 Å². The van der Waals surface area contributed by atoms with Crippen molar-refractivity contribution < 1.29 is 14.4 Å². The number of nitrogens with zero attached hydrogens (tertiary/aromatic N) is 1. The van der Waals surface area contributed by atoms with Gasteiger partial charge in [-0.2, -0.15) is 5.01 Å². The number of allylic oxidation sites excluding steroid dienone is 2. The lowest BCUT2D eigenvalue weighted by Gasteiger charge is -2.37. The first-order valence-corrected chi connectivity index (χ1v) is 8.98. The van der Waals surface area contributed by atoms with Gasteiger partial charge in [0.25, 0.3) is 17.7 Å². The minimum atomic E-state index is -0.442. The maximum Gasteiger partial charge on any atom is 0.270 e. The number of nitrogens with one attached hydrogen (secondary N) is 1. The third kappa shape index (κ3) is 1.83. The van der Waals surface area contributed by atoms with Gasteiger partial charge in [0.1, 0.15) is 0 Å². The second-order valence-corrected chi connectivity index (χ2v) is 8.03. The lowest BCUT2D eigenvalue weighted by molar-refractivity contribution is -0.143. The minimum absolute atomic E-state index is 0.161. The van der Waals surface area contributed by atoms with Crippen LogP contribution in [0.1, 0.15) is 16.8 Å². The Morgan fingerprint density at radius 2 is 1.71 bits per heavy atom. The minimum Gasteiger partial charge on any atom is -0.272 e. The molecule has 0 unspecified atom stereocenters. The van der Waals surface area contributed by atoms with Gasteiger partial charge in [0.2, 0.25) is 0 Å². The Hall–Kier alpha value is -1.95. The Morgan fingerprint density at radius 3 is 2.29 bits per heavy atom. The highest BCUT2D eigenvalue weighted by molar-refractivity contribution is 9.10. The summed E-state index contributed by atoms with van der Waals surface area (Å²) in [5.74, 6) is -0.0998. The molecule has 3 amide bonds. The van der Waals surface area contributed by atoms with E-state index >= 15 is 0 Å². The van der Waals surface area contributed by atoms with Gasteiger partial charge in [-0.3, -0.25) is 19.8 Å². The highest BCUT2D eigenvalue weighted by Crippen LogP contribution is 2.65. The summed E-state index contributed by atoms with van der Waals surface area (Å²) in [4.78, 5) is 38.0. The fourth-order valence-electron chi connectivity index (χ4n) is 4.86. The molecule has 24 heavy (non-hydrogen) atoms. The van der Waals surface area contributed by atoms with Crippen LogP contribution in [0.5, 0.6) is 0 Å². The lowest BCUT2D eigenvalue weighted by Crippen LogP contribution is -2.46. The topological polar surface area (TPSA) is 66.5 Å². The Labute approximate surface area is 147 Å². The molecule has 2 bridgehead atoms. The van der Waals surface area contributed by atoms with E-state index in [1.165, 1.54) is 0 Å². The van der Waals surface area contributed by atoms with Crippen molar-refractivity contribution in [1.29, 1.82) is 0 Å². The summed E-state index contributed by atoms with van der Waals surface area (Å²) in [6.45, 7) is 0. The van der Waals surface area contributed by atoms with Gasteiger partial charge in [0.15, 0.2) is 0 Å². The summed E-state index contributed by atoms with van der Waals surface area (Å²) >= 11 is 3.32. The lowest BCUT2D eigenvalue weighted by atomic mass is 9.63. The molecule has 6 rings (SSSR count). The summed E-state index contributed by atoms with van der Waals surface area (Å²) in [7, 11) is 0. The largest absolute Gasteiger partial charge is 0.272 e. The van der Waals surface area contributed by atoms with Gasteiger partial charge >= 0.3 is 0 Å². The van der Waals surface area contributed by atoms with E-state index in [1.807, 2.05) is 6.07 Å². The average molecular weight is 387 g/mol. The molecule has 1 saturated heterocycles. The molecule has 1 aliphatic heterocycles. The third-order valence-electron chi connectivity index (χ3n) is 5.96. The molecule has 6 atom stereocenters. The van der Waals surface area contributed by atoms with Crippen LogP contribution in [0.3, 0.4) is 0 Å². The predicted octanol–water partition coefficient (Wildman–Crippen LogP) is 2.15. The highest BCUT2D eigenvalue weighted by atomic mass is 79.9. The number of carbonyl (C=O) groups is 3. The van der Waals surface area contributed by atoms with Crippen molar-refractivity contribution in [2.45, 2.75) is 6.42 Å². The van der Waals surface area contributed by atoms with Gasteiger partial charge in [0, 0.05) is 10.0 Å². The first kappa shape index (κ1) is 14.4. The van der Waals surface area contributed by atoms with Gasteiger partial charge in [0.05, 0.1) is 11.8 Å². The van der Waals surface area contributed by atoms with E-state index in [0.29, 0.717) is 17.4 Å². The smallest absolute Gasteiger partial charge is 0.270 e. The quantitative estimate of drug-likeness (QED) is 0.625. The average Bonchev–Trinajstić information content (AvgIpc) is 3.36. The van der Waals surface area contributed by atoms with Gasteiger partial charge in [-0.1, -0.05) is 34.1 Å². The number of amides is 3. The summed E-state index contributed by atoms with van der Waals surface area (Å²) in [5, 5.41) is 0.969. The Morgan fingerprint density at radius 1 is 1.08 bits per heavy atom. The zero-order valence-corrected chi connectivity index (χ0v) is 14.3. The van der Waals surface area contributed by atoms with Gasteiger partial charge in [-0.15, -0.1) is 0 Å². The second kappa shape index (κ2) is 4.79. The molecule has 122 valence electrons. The normalized spacial score (nSPS) is 38.1. The zero-order chi connectivity index (χ0) is 16.6.